The third kappa shape index (κ3) is 5.62. The number of anilines is 1. The maximum absolute atomic E-state index is 12.2. The van der Waals surface area contributed by atoms with E-state index in [9.17, 15) is 9.59 Å². The van der Waals surface area contributed by atoms with E-state index in [1.165, 1.54) is 34.7 Å². The quantitative estimate of drug-likeness (QED) is 0.740. The first-order valence-corrected chi connectivity index (χ1v) is 9.43. The number of nitrogens with two attached hydrogens (primary N) is 1. The Morgan fingerprint density at radius 3 is 2.42 bits per heavy atom. The number of hydrogen-bond donors (Lipinski definition) is 2. The van der Waals surface area contributed by atoms with Gasteiger partial charge in [-0.1, -0.05) is 29.8 Å². The van der Waals surface area contributed by atoms with Crippen LogP contribution in [0.3, 0.4) is 0 Å². The van der Waals surface area contributed by atoms with Crippen molar-refractivity contribution < 1.29 is 9.59 Å². The average Bonchev–Trinajstić information content (AvgIpc) is 2.53. The topological polar surface area (TPSA) is 72.2 Å². The molecule has 0 saturated carbocycles. The zero-order valence-corrected chi connectivity index (χ0v) is 15.3. The van der Waals surface area contributed by atoms with E-state index in [2.05, 4.69) is 18.3 Å². The fourth-order valence-electron chi connectivity index (χ4n) is 2.14. The molecule has 2 amide bonds. The predicted octanol–water partition coefficient (Wildman–Crippen LogP) is 3.61. The Bertz CT molecular complexity index is 748. The zero-order valence-electron chi connectivity index (χ0n) is 13.7. The molecule has 0 aliphatic carbocycles. The van der Waals surface area contributed by atoms with Crippen LogP contribution in [0.2, 0.25) is 0 Å². The molecule has 0 atom stereocenters. The molecule has 0 saturated heterocycles. The van der Waals surface area contributed by atoms with Gasteiger partial charge in [-0.3, -0.25) is 9.59 Å². The molecule has 126 valence electrons. The maximum atomic E-state index is 12.2. The number of rotatable bonds is 7. The number of aryl methyl sites for hydroxylation is 2. The lowest BCUT2D eigenvalue weighted by Gasteiger charge is -2.11. The second kappa shape index (κ2) is 8.80. The minimum Gasteiger partial charge on any atom is -0.369 e. The number of primary amides is 1. The summed E-state index contributed by atoms with van der Waals surface area (Å²) in [7, 11) is 0. The number of para-hydroxylation sites is 1. The molecule has 0 bridgehead atoms. The summed E-state index contributed by atoms with van der Waals surface area (Å²) in [4.78, 5) is 25.1. The van der Waals surface area contributed by atoms with Gasteiger partial charge in [0.25, 0.3) is 0 Å². The Labute approximate surface area is 150 Å². The predicted molar refractivity (Wildman–Crippen MR) is 102 cm³/mol. The zero-order chi connectivity index (χ0) is 17.5. The molecule has 0 radical (unpaired) electrons. The van der Waals surface area contributed by atoms with E-state index in [4.69, 9.17) is 5.73 Å². The standard InChI is InChI=1S/C18H20N2O2S2/c1-12-7-8-15(13(2)9-12)24-11-18(22)20-14-5-3-4-6-16(14)23-10-17(19)21/h3-9H,10-11H2,1-2H3,(H2,19,21)(H,20,22). The monoisotopic (exact) mass is 360 g/mol. The van der Waals surface area contributed by atoms with E-state index in [-0.39, 0.29) is 17.6 Å². The summed E-state index contributed by atoms with van der Waals surface area (Å²) < 4.78 is 0. The fourth-order valence-corrected chi connectivity index (χ4v) is 3.69. The largest absolute Gasteiger partial charge is 0.369 e. The number of carbonyl (C=O) groups is 2. The van der Waals surface area contributed by atoms with Gasteiger partial charge in [0, 0.05) is 9.79 Å². The van der Waals surface area contributed by atoms with Crippen LogP contribution >= 0.6 is 23.5 Å². The van der Waals surface area contributed by atoms with Crippen LogP contribution in [0, 0.1) is 13.8 Å². The van der Waals surface area contributed by atoms with Crippen LogP contribution < -0.4 is 11.1 Å². The second-order valence-electron chi connectivity index (χ2n) is 5.36. The summed E-state index contributed by atoms with van der Waals surface area (Å²) in [5.41, 5.74) is 8.26. The first-order chi connectivity index (χ1) is 11.5. The lowest BCUT2D eigenvalue weighted by molar-refractivity contribution is -0.115. The highest BCUT2D eigenvalue weighted by Crippen LogP contribution is 2.28. The van der Waals surface area contributed by atoms with Crippen LogP contribution in [0.15, 0.2) is 52.3 Å². The first kappa shape index (κ1) is 18.4. The molecule has 2 aromatic carbocycles. The highest BCUT2D eigenvalue weighted by molar-refractivity contribution is 8.00. The van der Waals surface area contributed by atoms with E-state index in [1.807, 2.05) is 43.3 Å². The Hall–Kier alpha value is -1.92. The van der Waals surface area contributed by atoms with Crippen molar-refractivity contribution in [1.29, 1.82) is 0 Å². The average molecular weight is 361 g/mol. The summed E-state index contributed by atoms with van der Waals surface area (Å²) in [6.45, 7) is 4.10. The lowest BCUT2D eigenvalue weighted by Crippen LogP contribution is -2.16. The summed E-state index contributed by atoms with van der Waals surface area (Å²) >= 11 is 2.83. The smallest absolute Gasteiger partial charge is 0.234 e. The number of amides is 2. The van der Waals surface area contributed by atoms with Gasteiger partial charge in [0.2, 0.25) is 11.8 Å². The van der Waals surface area contributed by atoms with Gasteiger partial charge >= 0.3 is 0 Å². The summed E-state index contributed by atoms with van der Waals surface area (Å²) in [6, 6.07) is 13.6. The van der Waals surface area contributed by atoms with E-state index in [0.29, 0.717) is 11.4 Å². The molecule has 6 heteroatoms. The lowest BCUT2D eigenvalue weighted by atomic mass is 10.2. The molecular formula is C18H20N2O2S2. The number of nitrogens with one attached hydrogen (secondary N) is 1. The van der Waals surface area contributed by atoms with Crippen LogP contribution in [0.5, 0.6) is 0 Å². The Morgan fingerprint density at radius 2 is 1.71 bits per heavy atom. The number of benzene rings is 2. The summed E-state index contributed by atoms with van der Waals surface area (Å²) in [5.74, 6) is 0.0572. The summed E-state index contributed by atoms with van der Waals surface area (Å²) in [5, 5.41) is 2.90. The Balaban J connectivity index is 1.96. The van der Waals surface area contributed by atoms with Crippen LogP contribution in [-0.4, -0.2) is 23.3 Å². The van der Waals surface area contributed by atoms with Crippen LogP contribution in [0.25, 0.3) is 0 Å². The van der Waals surface area contributed by atoms with Gasteiger partial charge in [0.15, 0.2) is 0 Å². The number of thioether (sulfide) groups is 2. The highest BCUT2D eigenvalue weighted by Gasteiger charge is 2.09. The molecule has 2 rings (SSSR count). The van der Waals surface area contributed by atoms with E-state index in [0.717, 1.165) is 9.79 Å². The normalized spacial score (nSPS) is 10.4. The van der Waals surface area contributed by atoms with Crippen molar-refractivity contribution in [3.8, 4) is 0 Å². The van der Waals surface area contributed by atoms with Crippen molar-refractivity contribution in [2.45, 2.75) is 23.6 Å². The van der Waals surface area contributed by atoms with Gasteiger partial charge in [-0.2, -0.15) is 0 Å². The fraction of sp³-hybridized carbons (Fsp3) is 0.222. The third-order valence-corrected chi connectivity index (χ3v) is 5.49. The number of hydrogen-bond acceptors (Lipinski definition) is 4. The van der Waals surface area contributed by atoms with Crippen molar-refractivity contribution in [3.05, 3.63) is 53.6 Å². The molecule has 0 aliphatic heterocycles. The summed E-state index contributed by atoms with van der Waals surface area (Å²) in [6.07, 6.45) is 0. The van der Waals surface area contributed by atoms with Crippen molar-refractivity contribution in [1.82, 2.24) is 0 Å². The van der Waals surface area contributed by atoms with Gasteiger partial charge < -0.3 is 11.1 Å². The SMILES string of the molecule is Cc1ccc(SCC(=O)Nc2ccccc2SCC(N)=O)c(C)c1. The molecule has 3 N–H and O–H groups in total. The van der Waals surface area contributed by atoms with E-state index >= 15 is 0 Å². The first-order valence-electron chi connectivity index (χ1n) is 7.46. The molecule has 0 unspecified atom stereocenters. The minimum atomic E-state index is -0.383. The molecule has 0 spiro atoms. The van der Waals surface area contributed by atoms with Crippen LogP contribution in [-0.2, 0) is 9.59 Å². The van der Waals surface area contributed by atoms with Gasteiger partial charge in [-0.25, -0.2) is 0 Å². The third-order valence-electron chi connectivity index (χ3n) is 3.22. The number of carbonyl (C=O) groups excluding carboxylic acids is 2. The second-order valence-corrected chi connectivity index (χ2v) is 7.39. The molecule has 0 heterocycles. The molecule has 0 fully saturated rings. The van der Waals surface area contributed by atoms with Crippen LogP contribution in [0.4, 0.5) is 5.69 Å². The molecule has 0 aliphatic rings. The molecule has 4 nitrogen and oxygen atoms in total. The van der Waals surface area contributed by atoms with Crippen molar-refractivity contribution in [2.24, 2.45) is 5.73 Å². The van der Waals surface area contributed by atoms with Gasteiger partial charge in [-0.05, 0) is 37.6 Å². The van der Waals surface area contributed by atoms with Crippen LogP contribution in [0.1, 0.15) is 11.1 Å². The minimum absolute atomic E-state index is 0.0768. The van der Waals surface area contributed by atoms with Crippen molar-refractivity contribution in [3.63, 3.8) is 0 Å². The Kier molecular flexibility index (Phi) is 6.75. The Morgan fingerprint density at radius 1 is 1.00 bits per heavy atom. The highest BCUT2D eigenvalue weighted by atomic mass is 32.2. The molecule has 2 aromatic rings. The van der Waals surface area contributed by atoms with Gasteiger partial charge in [0.05, 0.1) is 17.2 Å². The van der Waals surface area contributed by atoms with E-state index in [1.54, 1.807) is 0 Å². The van der Waals surface area contributed by atoms with Crippen molar-refractivity contribution in [2.75, 3.05) is 16.8 Å². The van der Waals surface area contributed by atoms with Gasteiger partial charge in [-0.15, -0.1) is 23.5 Å². The molecule has 24 heavy (non-hydrogen) atoms. The van der Waals surface area contributed by atoms with Crippen molar-refractivity contribution >= 4 is 41.0 Å². The van der Waals surface area contributed by atoms with Gasteiger partial charge in [0.1, 0.15) is 0 Å². The molecular weight excluding hydrogens is 340 g/mol. The molecule has 0 aromatic heterocycles. The maximum Gasteiger partial charge on any atom is 0.234 e. The van der Waals surface area contributed by atoms with E-state index < -0.39 is 0 Å².